The van der Waals surface area contributed by atoms with Gasteiger partial charge >= 0.3 is 5.97 Å². The van der Waals surface area contributed by atoms with Crippen LogP contribution in [0.2, 0.25) is 0 Å². The van der Waals surface area contributed by atoms with Crippen molar-refractivity contribution in [3.63, 3.8) is 0 Å². The topological polar surface area (TPSA) is 69.4 Å². The predicted octanol–water partition coefficient (Wildman–Crippen LogP) is 2.66. The summed E-state index contributed by atoms with van der Waals surface area (Å²) in [5.41, 5.74) is 0. The van der Waals surface area contributed by atoms with E-state index in [1.54, 1.807) is 0 Å². The highest BCUT2D eigenvalue weighted by Gasteiger charge is 2.20. The molecule has 0 aromatic rings. The molecule has 0 amide bonds. The van der Waals surface area contributed by atoms with E-state index in [9.17, 15) is 4.79 Å². The average Bonchev–Trinajstić information content (AvgIpc) is 2.21. The number of ether oxygens (including phenoxy) is 1. The maximum atomic E-state index is 11.2. The Morgan fingerprint density at radius 3 is 2.24 bits per heavy atom. The standard InChI is InChI=1S/C11H20O2.CH3NO2/c1-3-13-11(12)8-10-6-4-9(2)5-7-10;1-2(3)4/h9-10H,3-8H2,1-2H3;1H3. The molecule has 0 N–H and O–H groups in total. The second-order valence-electron chi connectivity index (χ2n) is 4.57. The molecular formula is C12H23NO4. The van der Waals surface area contributed by atoms with Crippen molar-refractivity contribution in [2.75, 3.05) is 13.7 Å². The minimum atomic E-state index is -0.500. The summed E-state index contributed by atoms with van der Waals surface area (Å²) < 4.78 is 4.93. The van der Waals surface area contributed by atoms with Crippen LogP contribution in [-0.4, -0.2) is 24.5 Å². The first-order valence-corrected chi connectivity index (χ1v) is 6.19. The summed E-state index contributed by atoms with van der Waals surface area (Å²) in [7, 11) is 0.889. The van der Waals surface area contributed by atoms with Crippen LogP contribution in [0.3, 0.4) is 0 Å². The fourth-order valence-electron chi connectivity index (χ4n) is 1.99. The molecule has 0 heterocycles. The number of rotatable bonds is 3. The van der Waals surface area contributed by atoms with Crippen LogP contribution in [0.5, 0.6) is 0 Å². The molecule has 0 saturated heterocycles. The Kier molecular flexibility index (Phi) is 8.36. The molecule has 0 aromatic heterocycles. The number of carbonyl (C=O) groups is 1. The number of hydrogen-bond donors (Lipinski definition) is 0. The summed E-state index contributed by atoms with van der Waals surface area (Å²) in [5.74, 6) is 1.44. The second kappa shape index (κ2) is 8.96. The van der Waals surface area contributed by atoms with E-state index >= 15 is 0 Å². The Balaban J connectivity index is 0.000000557. The molecule has 5 heteroatoms. The number of hydrogen-bond acceptors (Lipinski definition) is 4. The highest BCUT2D eigenvalue weighted by molar-refractivity contribution is 5.69. The van der Waals surface area contributed by atoms with Gasteiger partial charge in [0.1, 0.15) is 0 Å². The van der Waals surface area contributed by atoms with Crippen LogP contribution in [0.4, 0.5) is 0 Å². The van der Waals surface area contributed by atoms with Crippen LogP contribution in [0.25, 0.3) is 0 Å². The van der Waals surface area contributed by atoms with Gasteiger partial charge in [0.2, 0.25) is 0 Å². The summed E-state index contributed by atoms with van der Waals surface area (Å²) in [4.78, 5) is 19.5. The summed E-state index contributed by atoms with van der Waals surface area (Å²) in [5, 5.41) is 8.81. The molecule has 1 aliphatic carbocycles. The molecule has 0 bridgehead atoms. The SMILES string of the molecule is CCOC(=O)CC1CCC(C)CC1.C[N+](=O)[O-]. The lowest BCUT2D eigenvalue weighted by molar-refractivity contribution is -0.445. The van der Waals surface area contributed by atoms with Crippen LogP contribution < -0.4 is 0 Å². The molecule has 0 radical (unpaired) electrons. The Morgan fingerprint density at radius 2 is 1.82 bits per heavy atom. The van der Waals surface area contributed by atoms with Crippen molar-refractivity contribution in [3.05, 3.63) is 10.1 Å². The smallest absolute Gasteiger partial charge is 0.306 e. The van der Waals surface area contributed by atoms with E-state index in [1.807, 2.05) is 6.92 Å². The molecule has 0 atom stereocenters. The molecule has 100 valence electrons. The molecule has 0 aliphatic heterocycles. The summed E-state index contributed by atoms with van der Waals surface area (Å²) in [6.07, 6.45) is 5.62. The van der Waals surface area contributed by atoms with Gasteiger partial charge in [0.15, 0.2) is 7.05 Å². The molecule has 1 saturated carbocycles. The van der Waals surface area contributed by atoms with Crippen molar-refractivity contribution in [1.29, 1.82) is 0 Å². The minimum absolute atomic E-state index is 0.0120. The molecule has 0 spiro atoms. The molecule has 5 nitrogen and oxygen atoms in total. The fourth-order valence-corrected chi connectivity index (χ4v) is 1.99. The second-order valence-corrected chi connectivity index (χ2v) is 4.57. The largest absolute Gasteiger partial charge is 0.466 e. The molecule has 1 aliphatic rings. The lowest BCUT2D eigenvalue weighted by Crippen LogP contribution is -2.17. The molecule has 1 rings (SSSR count). The van der Waals surface area contributed by atoms with Gasteiger partial charge in [-0.1, -0.05) is 19.8 Å². The monoisotopic (exact) mass is 245 g/mol. The van der Waals surface area contributed by atoms with E-state index in [0.717, 1.165) is 13.0 Å². The number of nitro groups is 1. The maximum Gasteiger partial charge on any atom is 0.306 e. The van der Waals surface area contributed by atoms with Gasteiger partial charge in [-0.25, -0.2) is 0 Å². The van der Waals surface area contributed by atoms with Gasteiger partial charge in [-0.3, -0.25) is 14.9 Å². The fraction of sp³-hybridized carbons (Fsp3) is 0.917. The summed E-state index contributed by atoms with van der Waals surface area (Å²) in [6.45, 7) is 4.67. The van der Waals surface area contributed by atoms with Crippen molar-refractivity contribution >= 4 is 5.97 Å². The number of nitrogens with zero attached hydrogens (tertiary/aromatic N) is 1. The van der Waals surface area contributed by atoms with Gasteiger partial charge in [0.25, 0.3) is 0 Å². The lowest BCUT2D eigenvalue weighted by atomic mass is 9.81. The molecule has 17 heavy (non-hydrogen) atoms. The minimum Gasteiger partial charge on any atom is -0.466 e. The quantitative estimate of drug-likeness (QED) is 0.435. The maximum absolute atomic E-state index is 11.2. The zero-order valence-corrected chi connectivity index (χ0v) is 11.0. The van der Waals surface area contributed by atoms with Crippen molar-refractivity contribution in [2.24, 2.45) is 11.8 Å². The van der Waals surface area contributed by atoms with Gasteiger partial charge in [-0.15, -0.1) is 0 Å². The highest BCUT2D eigenvalue weighted by atomic mass is 16.6. The Morgan fingerprint density at radius 1 is 1.35 bits per heavy atom. The van der Waals surface area contributed by atoms with E-state index < -0.39 is 4.92 Å². The first-order valence-electron chi connectivity index (χ1n) is 6.19. The van der Waals surface area contributed by atoms with Crippen LogP contribution >= 0.6 is 0 Å². The Labute approximate surface area is 103 Å². The zero-order chi connectivity index (χ0) is 13.3. The molecule has 0 aromatic carbocycles. The highest BCUT2D eigenvalue weighted by Crippen LogP contribution is 2.30. The van der Waals surface area contributed by atoms with Crippen LogP contribution in [-0.2, 0) is 9.53 Å². The Hall–Kier alpha value is -1.13. The summed E-state index contributed by atoms with van der Waals surface area (Å²) >= 11 is 0. The van der Waals surface area contributed by atoms with Crippen LogP contribution in [0.1, 0.15) is 46.0 Å². The van der Waals surface area contributed by atoms with Gasteiger partial charge < -0.3 is 4.74 Å². The van der Waals surface area contributed by atoms with E-state index in [4.69, 9.17) is 14.9 Å². The zero-order valence-electron chi connectivity index (χ0n) is 11.0. The van der Waals surface area contributed by atoms with E-state index in [-0.39, 0.29) is 5.97 Å². The predicted molar refractivity (Wildman–Crippen MR) is 65.3 cm³/mol. The molecule has 0 unspecified atom stereocenters. The van der Waals surface area contributed by atoms with Crippen molar-refractivity contribution in [1.82, 2.24) is 0 Å². The van der Waals surface area contributed by atoms with Gasteiger partial charge in [0, 0.05) is 11.3 Å². The van der Waals surface area contributed by atoms with Gasteiger partial charge in [-0.05, 0) is 31.6 Å². The lowest BCUT2D eigenvalue weighted by Gasteiger charge is -2.25. The number of carbonyl (C=O) groups excluding carboxylic acids is 1. The van der Waals surface area contributed by atoms with Crippen molar-refractivity contribution < 1.29 is 14.5 Å². The Bertz CT molecular complexity index is 231. The third-order valence-corrected chi connectivity index (χ3v) is 2.90. The van der Waals surface area contributed by atoms with Crippen molar-refractivity contribution in [2.45, 2.75) is 46.0 Å². The molecule has 1 fully saturated rings. The van der Waals surface area contributed by atoms with Crippen LogP contribution in [0.15, 0.2) is 0 Å². The molecular weight excluding hydrogens is 222 g/mol. The normalized spacial score (nSPS) is 23.2. The number of esters is 1. The van der Waals surface area contributed by atoms with E-state index in [0.29, 0.717) is 18.9 Å². The van der Waals surface area contributed by atoms with Gasteiger partial charge in [0.05, 0.1) is 6.61 Å². The van der Waals surface area contributed by atoms with Gasteiger partial charge in [-0.2, -0.15) is 0 Å². The van der Waals surface area contributed by atoms with E-state index in [2.05, 4.69) is 6.92 Å². The third-order valence-electron chi connectivity index (χ3n) is 2.90. The van der Waals surface area contributed by atoms with E-state index in [1.165, 1.54) is 25.7 Å². The summed E-state index contributed by atoms with van der Waals surface area (Å²) in [6, 6.07) is 0. The third kappa shape index (κ3) is 9.78. The first kappa shape index (κ1) is 15.9. The first-order chi connectivity index (χ1) is 7.95. The van der Waals surface area contributed by atoms with Crippen LogP contribution in [0, 0.1) is 22.0 Å². The van der Waals surface area contributed by atoms with Crippen molar-refractivity contribution in [3.8, 4) is 0 Å². The average molecular weight is 245 g/mol.